The molecular weight excluding hydrogens is 270 g/mol. The molecule has 1 fully saturated rings. The van der Waals surface area contributed by atoms with Crippen LogP contribution in [0, 0.1) is 0 Å². The number of nitrogens with one attached hydrogen (secondary N) is 2. The predicted octanol–water partition coefficient (Wildman–Crippen LogP) is 1.04. The lowest BCUT2D eigenvalue weighted by Crippen LogP contribution is -2.39. The average molecular weight is 291 g/mol. The molecule has 1 saturated heterocycles. The van der Waals surface area contributed by atoms with Crippen LogP contribution in [0.1, 0.15) is 12.8 Å². The number of hydrogen-bond donors (Lipinski definition) is 2. The minimum absolute atomic E-state index is 0.0191. The van der Waals surface area contributed by atoms with Gasteiger partial charge in [0.2, 0.25) is 12.7 Å². The van der Waals surface area contributed by atoms with E-state index in [1.807, 2.05) is 24.1 Å². The standard InChI is InChI=1S/C15H21N3O3/c1-18(8-12-3-2-6-16-12)9-15(19)17-11-4-5-13-14(7-11)21-10-20-13/h4-5,7,12,16H,2-3,6,8-10H2,1H3,(H,17,19). The maximum Gasteiger partial charge on any atom is 0.238 e. The quantitative estimate of drug-likeness (QED) is 0.848. The Hall–Kier alpha value is -1.79. The topological polar surface area (TPSA) is 62.8 Å². The predicted molar refractivity (Wildman–Crippen MR) is 79.7 cm³/mol. The van der Waals surface area contributed by atoms with E-state index in [-0.39, 0.29) is 12.7 Å². The maximum absolute atomic E-state index is 12.1. The Kier molecular flexibility index (Phi) is 4.26. The monoisotopic (exact) mass is 291 g/mol. The van der Waals surface area contributed by atoms with Gasteiger partial charge in [-0.1, -0.05) is 0 Å². The molecule has 114 valence electrons. The number of likely N-dealkylation sites (N-methyl/N-ethyl adjacent to an activating group) is 1. The summed E-state index contributed by atoms with van der Waals surface area (Å²) in [7, 11) is 1.97. The smallest absolute Gasteiger partial charge is 0.238 e. The molecule has 2 aliphatic rings. The van der Waals surface area contributed by atoms with E-state index in [4.69, 9.17) is 9.47 Å². The molecule has 1 unspecified atom stereocenters. The summed E-state index contributed by atoms with van der Waals surface area (Å²) < 4.78 is 10.5. The van der Waals surface area contributed by atoms with Gasteiger partial charge in [-0.2, -0.15) is 0 Å². The van der Waals surface area contributed by atoms with Gasteiger partial charge in [-0.25, -0.2) is 0 Å². The Morgan fingerprint density at radius 3 is 3.10 bits per heavy atom. The number of anilines is 1. The second-order valence-corrected chi connectivity index (χ2v) is 5.61. The van der Waals surface area contributed by atoms with Crippen LogP contribution in [0.2, 0.25) is 0 Å². The molecule has 2 heterocycles. The normalized spacial score (nSPS) is 20.0. The van der Waals surface area contributed by atoms with Crippen LogP contribution in [0.5, 0.6) is 11.5 Å². The molecule has 21 heavy (non-hydrogen) atoms. The molecule has 2 aliphatic heterocycles. The molecule has 1 aromatic carbocycles. The summed E-state index contributed by atoms with van der Waals surface area (Å²) in [5.41, 5.74) is 0.733. The van der Waals surface area contributed by atoms with Crippen molar-refractivity contribution in [2.45, 2.75) is 18.9 Å². The molecule has 3 rings (SSSR count). The highest BCUT2D eigenvalue weighted by Gasteiger charge is 2.18. The number of nitrogens with zero attached hydrogens (tertiary/aromatic N) is 1. The van der Waals surface area contributed by atoms with Gasteiger partial charge < -0.3 is 20.1 Å². The molecule has 1 amide bonds. The molecule has 2 N–H and O–H groups in total. The van der Waals surface area contributed by atoms with Gasteiger partial charge in [0.05, 0.1) is 6.54 Å². The van der Waals surface area contributed by atoms with E-state index >= 15 is 0 Å². The molecule has 0 aromatic heterocycles. The first-order valence-corrected chi connectivity index (χ1v) is 7.32. The van der Waals surface area contributed by atoms with E-state index in [2.05, 4.69) is 10.6 Å². The van der Waals surface area contributed by atoms with E-state index in [0.717, 1.165) is 24.5 Å². The van der Waals surface area contributed by atoms with Gasteiger partial charge in [-0.15, -0.1) is 0 Å². The summed E-state index contributed by atoms with van der Waals surface area (Å²) in [6.07, 6.45) is 2.41. The average Bonchev–Trinajstić information content (AvgIpc) is 3.08. The van der Waals surface area contributed by atoms with Gasteiger partial charge in [-0.3, -0.25) is 9.69 Å². The molecule has 0 radical (unpaired) electrons. The molecule has 0 bridgehead atoms. The Morgan fingerprint density at radius 2 is 2.29 bits per heavy atom. The summed E-state index contributed by atoms with van der Waals surface area (Å²) in [4.78, 5) is 14.1. The minimum Gasteiger partial charge on any atom is -0.454 e. The summed E-state index contributed by atoms with van der Waals surface area (Å²) in [5.74, 6) is 1.38. The fourth-order valence-electron chi connectivity index (χ4n) is 2.77. The second-order valence-electron chi connectivity index (χ2n) is 5.61. The van der Waals surface area contributed by atoms with Gasteiger partial charge in [0, 0.05) is 24.3 Å². The van der Waals surface area contributed by atoms with Crippen molar-refractivity contribution in [1.29, 1.82) is 0 Å². The summed E-state index contributed by atoms with van der Waals surface area (Å²) >= 11 is 0. The van der Waals surface area contributed by atoms with Crippen molar-refractivity contribution in [3.8, 4) is 11.5 Å². The van der Waals surface area contributed by atoms with Gasteiger partial charge in [0.15, 0.2) is 11.5 Å². The molecule has 0 saturated carbocycles. The van der Waals surface area contributed by atoms with E-state index < -0.39 is 0 Å². The Morgan fingerprint density at radius 1 is 1.43 bits per heavy atom. The number of amides is 1. The molecule has 0 spiro atoms. The first-order chi connectivity index (χ1) is 10.2. The lowest BCUT2D eigenvalue weighted by atomic mass is 10.2. The first kappa shape index (κ1) is 14.2. The van der Waals surface area contributed by atoms with Gasteiger partial charge in [0.1, 0.15) is 0 Å². The number of rotatable bonds is 5. The van der Waals surface area contributed by atoms with Crippen LogP contribution in [-0.2, 0) is 4.79 Å². The molecule has 6 nitrogen and oxygen atoms in total. The molecule has 0 aliphatic carbocycles. The highest BCUT2D eigenvalue weighted by atomic mass is 16.7. The number of ether oxygens (including phenoxy) is 2. The van der Waals surface area contributed by atoms with Crippen molar-refractivity contribution in [1.82, 2.24) is 10.2 Å². The van der Waals surface area contributed by atoms with Crippen molar-refractivity contribution >= 4 is 11.6 Å². The third-order valence-electron chi connectivity index (χ3n) is 3.76. The third-order valence-corrected chi connectivity index (χ3v) is 3.76. The third kappa shape index (κ3) is 3.65. The zero-order valence-electron chi connectivity index (χ0n) is 12.2. The zero-order chi connectivity index (χ0) is 14.7. The summed E-state index contributed by atoms with van der Waals surface area (Å²) in [6, 6.07) is 5.93. The Bertz CT molecular complexity index is 515. The van der Waals surface area contributed by atoms with Crippen LogP contribution in [0.25, 0.3) is 0 Å². The van der Waals surface area contributed by atoms with E-state index in [9.17, 15) is 4.79 Å². The van der Waals surface area contributed by atoms with Crippen LogP contribution in [0.4, 0.5) is 5.69 Å². The van der Waals surface area contributed by atoms with E-state index in [1.165, 1.54) is 12.8 Å². The fraction of sp³-hybridized carbons (Fsp3) is 0.533. The van der Waals surface area contributed by atoms with Crippen molar-refractivity contribution in [3.63, 3.8) is 0 Å². The second kappa shape index (κ2) is 6.32. The van der Waals surface area contributed by atoms with Crippen LogP contribution in [-0.4, -0.2) is 50.3 Å². The van der Waals surface area contributed by atoms with Crippen LogP contribution >= 0.6 is 0 Å². The van der Waals surface area contributed by atoms with Crippen LogP contribution < -0.4 is 20.1 Å². The van der Waals surface area contributed by atoms with Gasteiger partial charge in [-0.05, 0) is 38.6 Å². The Labute approximate surface area is 124 Å². The van der Waals surface area contributed by atoms with E-state index in [0.29, 0.717) is 18.3 Å². The number of hydrogen-bond acceptors (Lipinski definition) is 5. The van der Waals surface area contributed by atoms with Crippen molar-refractivity contribution < 1.29 is 14.3 Å². The van der Waals surface area contributed by atoms with Crippen LogP contribution in [0.3, 0.4) is 0 Å². The Balaban J connectivity index is 1.49. The van der Waals surface area contributed by atoms with E-state index in [1.54, 1.807) is 6.07 Å². The number of carbonyl (C=O) groups excluding carboxylic acids is 1. The van der Waals surface area contributed by atoms with Crippen molar-refractivity contribution in [3.05, 3.63) is 18.2 Å². The molecule has 1 atom stereocenters. The van der Waals surface area contributed by atoms with Gasteiger partial charge in [0.25, 0.3) is 0 Å². The molecular formula is C15H21N3O3. The largest absolute Gasteiger partial charge is 0.454 e. The minimum atomic E-state index is -0.0191. The highest BCUT2D eigenvalue weighted by Crippen LogP contribution is 2.34. The lowest BCUT2D eigenvalue weighted by Gasteiger charge is -2.20. The fourth-order valence-corrected chi connectivity index (χ4v) is 2.77. The summed E-state index contributed by atoms with van der Waals surface area (Å²) in [6.45, 7) is 2.60. The zero-order valence-corrected chi connectivity index (χ0v) is 12.2. The molecule has 1 aromatic rings. The van der Waals surface area contributed by atoms with Crippen molar-refractivity contribution in [2.24, 2.45) is 0 Å². The SMILES string of the molecule is CN(CC(=O)Nc1ccc2c(c1)OCO2)CC1CCCN1. The number of carbonyl (C=O) groups is 1. The first-order valence-electron chi connectivity index (χ1n) is 7.32. The number of fused-ring (bicyclic) bond motifs is 1. The van der Waals surface area contributed by atoms with Crippen LogP contribution in [0.15, 0.2) is 18.2 Å². The van der Waals surface area contributed by atoms with Crippen molar-refractivity contribution in [2.75, 3.05) is 38.8 Å². The number of benzene rings is 1. The lowest BCUT2D eigenvalue weighted by molar-refractivity contribution is -0.117. The van der Waals surface area contributed by atoms with Gasteiger partial charge >= 0.3 is 0 Å². The molecule has 6 heteroatoms. The summed E-state index contributed by atoms with van der Waals surface area (Å²) in [5, 5.41) is 6.33. The maximum atomic E-state index is 12.1. The highest BCUT2D eigenvalue weighted by molar-refractivity contribution is 5.92.